The number of carbonyl (C=O) groups excluding carboxylic acids is 1. The first kappa shape index (κ1) is 50.9. The van der Waals surface area contributed by atoms with E-state index in [4.69, 9.17) is 9.47 Å². The van der Waals surface area contributed by atoms with E-state index >= 15 is 0 Å². The number of ketones is 1. The van der Waals surface area contributed by atoms with Crippen LogP contribution in [0.3, 0.4) is 0 Å². The van der Waals surface area contributed by atoms with Crippen molar-refractivity contribution in [3.63, 3.8) is 0 Å². The number of unbranched alkanes of at least 4 members (excludes halogenated alkanes) is 29. The highest BCUT2D eigenvalue weighted by Crippen LogP contribution is 2.26. The highest BCUT2D eigenvalue weighted by Gasteiger charge is 2.06. The summed E-state index contributed by atoms with van der Waals surface area (Å²) in [6, 6.07) is 14.2. The highest BCUT2D eigenvalue weighted by atomic mass is 32.2. The molecule has 0 saturated carbocycles. The van der Waals surface area contributed by atoms with E-state index in [9.17, 15) is 4.79 Å². The van der Waals surface area contributed by atoms with E-state index in [1.807, 2.05) is 48.2 Å². The summed E-state index contributed by atoms with van der Waals surface area (Å²) in [4.78, 5) is 14.3. The van der Waals surface area contributed by atoms with Gasteiger partial charge in [0.25, 0.3) is 0 Å². The average Bonchev–Trinajstić information content (AvgIpc) is 3.23. The molecule has 57 heavy (non-hydrogen) atoms. The summed E-state index contributed by atoms with van der Waals surface area (Å²) in [5.41, 5.74) is 1.66. The molecule has 3 nitrogen and oxygen atoms in total. The van der Waals surface area contributed by atoms with Crippen LogP contribution in [0.5, 0.6) is 11.5 Å². The molecule has 0 aromatic heterocycles. The minimum absolute atomic E-state index is 0.0181. The lowest BCUT2D eigenvalue weighted by Gasteiger charge is -2.12. The zero-order chi connectivity index (χ0) is 40.7. The van der Waals surface area contributed by atoms with Crippen molar-refractivity contribution in [2.24, 2.45) is 0 Å². The van der Waals surface area contributed by atoms with Gasteiger partial charge < -0.3 is 9.47 Å². The predicted octanol–water partition coefficient (Wildman–Crippen LogP) is 18.0. The van der Waals surface area contributed by atoms with Gasteiger partial charge >= 0.3 is 0 Å². The van der Waals surface area contributed by atoms with Crippen molar-refractivity contribution >= 4 is 23.6 Å². The molecule has 0 N–H and O–H groups in total. The van der Waals surface area contributed by atoms with Crippen molar-refractivity contribution in [3.8, 4) is 11.5 Å². The molecule has 0 spiro atoms. The molecule has 0 bridgehead atoms. The molecule has 0 amide bonds. The van der Waals surface area contributed by atoms with Crippen LogP contribution in [-0.2, 0) is 0 Å². The van der Waals surface area contributed by atoms with Gasteiger partial charge in [-0.15, -0.1) is 11.8 Å². The molecule has 0 aliphatic carbocycles. The minimum atomic E-state index is 0.0181. The van der Waals surface area contributed by atoms with Crippen LogP contribution in [-0.4, -0.2) is 24.7 Å². The van der Waals surface area contributed by atoms with Gasteiger partial charge in [0.05, 0.1) is 13.2 Å². The van der Waals surface area contributed by atoms with E-state index in [1.165, 1.54) is 198 Å². The predicted molar refractivity (Wildman–Crippen MR) is 253 cm³/mol. The van der Waals surface area contributed by atoms with Crippen LogP contribution in [0.1, 0.15) is 242 Å². The number of ether oxygens (including phenoxy) is 2. The number of hydrogen-bond acceptors (Lipinski definition) is 4. The van der Waals surface area contributed by atoms with Gasteiger partial charge in [-0.25, -0.2) is 0 Å². The van der Waals surface area contributed by atoms with Crippen LogP contribution in [0.15, 0.2) is 53.4 Å². The maximum atomic E-state index is 13.1. The molecule has 2 aromatic rings. The smallest absolute Gasteiger partial charge is 0.185 e. The molecule has 0 aliphatic rings. The monoisotopic (exact) mass is 805 g/mol. The van der Waals surface area contributed by atoms with Gasteiger partial charge in [-0.3, -0.25) is 4.79 Å². The minimum Gasteiger partial charge on any atom is -0.493 e. The van der Waals surface area contributed by atoms with Gasteiger partial charge in [-0.2, -0.15) is 0 Å². The Morgan fingerprint density at radius 2 is 0.807 bits per heavy atom. The largest absolute Gasteiger partial charge is 0.493 e. The normalized spacial score (nSPS) is 11.5. The molecule has 324 valence electrons. The summed E-state index contributed by atoms with van der Waals surface area (Å²) in [6.07, 6.45) is 46.8. The quantitative estimate of drug-likeness (QED) is 0.0290. The second kappa shape index (κ2) is 38.0. The maximum Gasteiger partial charge on any atom is 0.185 e. The summed E-state index contributed by atoms with van der Waals surface area (Å²) in [7, 11) is 0. The van der Waals surface area contributed by atoms with Crippen LogP contribution >= 0.6 is 11.8 Å². The summed E-state index contributed by atoms with van der Waals surface area (Å²) in [5.74, 6) is 2.79. The fraction of sp³-hybridized carbons (Fsp3) is 0.717. The zero-order valence-electron chi connectivity index (χ0n) is 37.6. The Morgan fingerprint density at radius 3 is 1.18 bits per heavy atom. The average molecular weight is 805 g/mol. The van der Waals surface area contributed by atoms with Crippen molar-refractivity contribution in [2.45, 2.75) is 231 Å². The first-order valence-electron chi connectivity index (χ1n) is 24.5. The van der Waals surface area contributed by atoms with Crippen molar-refractivity contribution in [3.05, 3.63) is 59.7 Å². The number of benzene rings is 2. The number of carbonyl (C=O) groups is 1. The maximum absolute atomic E-state index is 13.1. The van der Waals surface area contributed by atoms with Crippen molar-refractivity contribution in [1.29, 1.82) is 0 Å². The van der Waals surface area contributed by atoms with Crippen LogP contribution in [0.2, 0.25) is 0 Å². The van der Waals surface area contributed by atoms with E-state index in [0.29, 0.717) is 13.2 Å². The number of thioether (sulfide) groups is 1. The van der Waals surface area contributed by atoms with Gasteiger partial charge in [0.2, 0.25) is 0 Å². The van der Waals surface area contributed by atoms with E-state index in [1.54, 1.807) is 6.08 Å². The second-order valence-electron chi connectivity index (χ2n) is 16.8. The van der Waals surface area contributed by atoms with Gasteiger partial charge in [-0.1, -0.05) is 213 Å². The van der Waals surface area contributed by atoms with Crippen molar-refractivity contribution < 1.29 is 14.3 Å². The summed E-state index contributed by atoms with van der Waals surface area (Å²) in [5, 5.41) is 0. The van der Waals surface area contributed by atoms with E-state index in [0.717, 1.165) is 41.2 Å². The molecule has 0 heterocycles. The van der Waals surface area contributed by atoms with E-state index in [2.05, 4.69) is 32.9 Å². The molecular weight excluding hydrogens is 717 g/mol. The molecular formula is C53H88O3S. The second-order valence-corrected chi connectivity index (χ2v) is 17.9. The lowest BCUT2D eigenvalue weighted by Crippen LogP contribution is -2.01. The van der Waals surface area contributed by atoms with Crippen molar-refractivity contribution in [1.82, 2.24) is 0 Å². The Labute approximate surface area is 357 Å². The van der Waals surface area contributed by atoms with Gasteiger partial charge in [0, 0.05) is 16.5 Å². The molecule has 2 rings (SSSR count). The molecule has 0 atom stereocenters. The molecule has 0 unspecified atom stereocenters. The first-order valence-corrected chi connectivity index (χ1v) is 25.5. The first-order chi connectivity index (χ1) is 28.2. The van der Waals surface area contributed by atoms with E-state index in [-0.39, 0.29) is 5.78 Å². The topological polar surface area (TPSA) is 35.5 Å². The molecule has 4 heteroatoms. The molecule has 0 saturated heterocycles. The summed E-state index contributed by atoms with van der Waals surface area (Å²) >= 11 is 1.86. The SMILES string of the molecule is CCCCCCCCCCCCCCCCCOc1cc(C=CC(=O)c2ccc(SCCCC)cc2)cc(OCCCCCCCCCCCCCCCCC)c1. The lowest BCUT2D eigenvalue weighted by atomic mass is 10.0. The molecule has 2 aromatic carbocycles. The summed E-state index contributed by atoms with van der Waals surface area (Å²) < 4.78 is 12.6. The van der Waals surface area contributed by atoms with Gasteiger partial charge in [0.1, 0.15) is 11.5 Å². The zero-order valence-corrected chi connectivity index (χ0v) is 38.4. The Bertz CT molecular complexity index is 1170. The van der Waals surface area contributed by atoms with Crippen LogP contribution in [0.25, 0.3) is 6.08 Å². The third kappa shape index (κ3) is 29.6. The Morgan fingerprint density at radius 1 is 0.456 bits per heavy atom. The van der Waals surface area contributed by atoms with Crippen LogP contribution in [0, 0.1) is 0 Å². The van der Waals surface area contributed by atoms with Crippen LogP contribution < -0.4 is 9.47 Å². The van der Waals surface area contributed by atoms with Gasteiger partial charge in [-0.05, 0) is 73.1 Å². The Kier molecular flexibility index (Phi) is 34.0. The molecule has 0 aliphatic heterocycles. The van der Waals surface area contributed by atoms with E-state index < -0.39 is 0 Å². The number of rotatable bonds is 41. The fourth-order valence-electron chi connectivity index (χ4n) is 7.50. The highest BCUT2D eigenvalue weighted by molar-refractivity contribution is 7.99. The number of allylic oxidation sites excluding steroid dienone is 1. The molecule has 0 fully saturated rings. The standard InChI is InChI=1S/C53H88O3S/c1-4-7-10-12-14-16-18-20-22-24-26-28-30-32-34-42-55-50-45-48(36-41-53(54)49-37-39-52(40-38-49)57-44-9-6-3)46-51(47-50)56-43-35-33-31-29-27-25-23-21-19-17-15-13-11-8-5-2/h36-41,45-47H,4-35,42-44H2,1-3H3. The van der Waals surface area contributed by atoms with Crippen molar-refractivity contribution in [2.75, 3.05) is 19.0 Å². The third-order valence-electron chi connectivity index (χ3n) is 11.3. The molecule has 0 radical (unpaired) electrons. The summed E-state index contributed by atoms with van der Waals surface area (Å²) in [6.45, 7) is 8.23. The Hall–Kier alpha value is -2.20. The Balaban J connectivity index is 1.72. The third-order valence-corrected chi connectivity index (χ3v) is 12.4. The number of hydrogen-bond donors (Lipinski definition) is 0. The fourth-order valence-corrected chi connectivity index (χ4v) is 8.50. The van der Waals surface area contributed by atoms with Gasteiger partial charge in [0.15, 0.2) is 5.78 Å². The van der Waals surface area contributed by atoms with Crippen LogP contribution in [0.4, 0.5) is 0 Å². The lowest BCUT2D eigenvalue weighted by molar-refractivity contribution is 0.104.